The third-order valence-corrected chi connectivity index (χ3v) is 3.08. The van der Waals surface area contributed by atoms with Crippen LogP contribution in [0.4, 0.5) is 5.69 Å². The van der Waals surface area contributed by atoms with E-state index in [1.54, 1.807) is 31.2 Å². The third kappa shape index (κ3) is 4.12. The quantitative estimate of drug-likeness (QED) is 0.669. The average molecular weight is 289 g/mol. The number of terminal acetylenes is 1. The van der Waals surface area contributed by atoms with Crippen LogP contribution in [0.15, 0.2) is 18.2 Å². The lowest BCUT2D eigenvalue weighted by Gasteiger charge is -2.10. The fourth-order valence-electron chi connectivity index (χ4n) is 1.55. The Labute approximate surface area is 122 Å². The van der Waals surface area contributed by atoms with Gasteiger partial charge in [0.1, 0.15) is 0 Å². The number of nitriles is 1. The van der Waals surface area contributed by atoms with E-state index in [1.165, 1.54) is 0 Å². The highest BCUT2D eigenvalue weighted by Gasteiger charge is 2.25. The zero-order valence-corrected chi connectivity index (χ0v) is 11.7. The van der Waals surface area contributed by atoms with Crippen molar-refractivity contribution in [1.82, 2.24) is 0 Å². The van der Waals surface area contributed by atoms with Gasteiger partial charge >= 0.3 is 0 Å². The lowest BCUT2D eigenvalue weighted by atomic mass is 10.0. The van der Waals surface area contributed by atoms with Crippen LogP contribution in [-0.2, 0) is 9.59 Å². The number of hydrogen-bond acceptors (Lipinski definition) is 3. The smallest absolute Gasteiger partial charge is 0.249 e. The topological polar surface area (TPSA) is 70.0 Å². The molecule has 0 aliphatic carbocycles. The Hall–Kier alpha value is -2.30. The zero-order chi connectivity index (χ0) is 15.1. The molecule has 0 bridgehead atoms. The highest BCUT2D eigenvalue weighted by Crippen LogP contribution is 2.20. The van der Waals surface area contributed by atoms with Gasteiger partial charge in [0, 0.05) is 23.6 Å². The number of nitrogens with one attached hydrogen (secondary N) is 1. The first-order chi connectivity index (χ1) is 9.49. The van der Waals surface area contributed by atoms with Crippen LogP contribution in [0.2, 0.25) is 5.02 Å². The molecule has 1 unspecified atom stereocenters. The fraction of sp³-hybridized carbons (Fsp3) is 0.267. The van der Waals surface area contributed by atoms with Crippen LogP contribution in [0.5, 0.6) is 0 Å². The molecule has 0 fully saturated rings. The van der Waals surface area contributed by atoms with E-state index in [-0.39, 0.29) is 12.8 Å². The van der Waals surface area contributed by atoms with Crippen LogP contribution in [0.1, 0.15) is 18.4 Å². The molecular formula is C15H13ClN2O2. The van der Waals surface area contributed by atoms with Gasteiger partial charge in [-0.25, -0.2) is 0 Å². The van der Waals surface area contributed by atoms with Gasteiger partial charge in [0.2, 0.25) is 5.91 Å². The monoisotopic (exact) mass is 288 g/mol. The summed E-state index contributed by atoms with van der Waals surface area (Å²) in [6.07, 6.45) is 5.28. The second-order valence-corrected chi connectivity index (χ2v) is 4.59. The largest absolute Gasteiger partial charge is 0.325 e. The molecule has 0 spiro atoms. The molecule has 0 aliphatic rings. The predicted molar refractivity (Wildman–Crippen MR) is 77.0 cm³/mol. The van der Waals surface area contributed by atoms with Crippen molar-refractivity contribution in [3.63, 3.8) is 0 Å². The molecule has 1 rings (SSSR count). The Morgan fingerprint density at radius 3 is 2.75 bits per heavy atom. The average Bonchev–Trinajstić information content (AvgIpc) is 2.41. The van der Waals surface area contributed by atoms with E-state index in [9.17, 15) is 9.59 Å². The standard InChI is InChI=1S/C15H13ClN2O2/c1-3-4-5-14(19)12(9-17)15(20)18-11-6-7-13(16)10(2)8-11/h1,6-8,12H,4-5H2,2H3,(H,18,20). The molecule has 1 N–H and O–H groups in total. The predicted octanol–water partition coefficient (Wildman–Crippen LogP) is 2.71. The van der Waals surface area contributed by atoms with Crippen molar-refractivity contribution in [1.29, 1.82) is 5.26 Å². The van der Waals surface area contributed by atoms with E-state index in [1.807, 2.05) is 0 Å². The van der Waals surface area contributed by atoms with E-state index in [2.05, 4.69) is 11.2 Å². The molecule has 1 atom stereocenters. The lowest BCUT2D eigenvalue weighted by Crippen LogP contribution is -2.28. The van der Waals surface area contributed by atoms with Crippen LogP contribution < -0.4 is 5.32 Å². The second kappa shape index (κ2) is 7.33. The van der Waals surface area contributed by atoms with Crippen molar-refractivity contribution in [2.75, 3.05) is 5.32 Å². The number of benzene rings is 1. The molecule has 1 aromatic rings. The van der Waals surface area contributed by atoms with Crippen molar-refractivity contribution < 1.29 is 9.59 Å². The minimum Gasteiger partial charge on any atom is -0.325 e. The number of Topliss-reactive ketones (excluding diaryl/α,β-unsaturated/α-hetero) is 1. The van der Waals surface area contributed by atoms with Crippen molar-refractivity contribution in [2.45, 2.75) is 19.8 Å². The molecule has 5 heteroatoms. The molecule has 0 aliphatic heterocycles. The Balaban J connectivity index is 2.78. The van der Waals surface area contributed by atoms with Gasteiger partial charge in [-0.1, -0.05) is 11.6 Å². The lowest BCUT2D eigenvalue weighted by molar-refractivity contribution is -0.128. The number of anilines is 1. The number of hydrogen-bond donors (Lipinski definition) is 1. The Kier molecular flexibility index (Phi) is 5.77. The molecule has 20 heavy (non-hydrogen) atoms. The summed E-state index contributed by atoms with van der Waals surface area (Å²) in [7, 11) is 0. The Morgan fingerprint density at radius 1 is 1.50 bits per heavy atom. The van der Waals surface area contributed by atoms with Crippen molar-refractivity contribution in [2.24, 2.45) is 5.92 Å². The number of rotatable bonds is 5. The zero-order valence-electron chi connectivity index (χ0n) is 10.9. The minimum absolute atomic E-state index is 0.0157. The minimum atomic E-state index is -1.35. The van der Waals surface area contributed by atoms with Crippen LogP contribution in [0.25, 0.3) is 0 Å². The fourth-order valence-corrected chi connectivity index (χ4v) is 1.67. The van der Waals surface area contributed by atoms with Crippen molar-refractivity contribution in [3.8, 4) is 18.4 Å². The highest BCUT2D eigenvalue weighted by atomic mass is 35.5. The van der Waals surface area contributed by atoms with Gasteiger partial charge < -0.3 is 5.32 Å². The van der Waals surface area contributed by atoms with Gasteiger partial charge in [0.15, 0.2) is 11.7 Å². The van der Waals surface area contributed by atoms with Gasteiger partial charge in [0.25, 0.3) is 0 Å². The molecule has 4 nitrogen and oxygen atoms in total. The maximum Gasteiger partial charge on any atom is 0.249 e. The first kappa shape index (κ1) is 15.8. The molecule has 0 radical (unpaired) electrons. The van der Waals surface area contributed by atoms with Crippen LogP contribution in [-0.4, -0.2) is 11.7 Å². The van der Waals surface area contributed by atoms with Crippen molar-refractivity contribution in [3.05, 3.63) is 28.8 Å². The summed E-state index contributed by atoms with van der Waals surface area (Å²) in [5, 5.41) is 12.0. The van der Waals surface area contributed by atoms with E-state index >= 15 is 0 Å². The molecule has 1 amide bonds. The van der Waals surface area contributed by atoms with E-state index in [4.69, 9.17) is 23.3 Å². The van der Waals surface area contributed by atoms with Gasteiger partial charge in [-0.3, -0.25) is 9.59 Å². The maximum absolute atomic E-state index is 11.9. The summed E-state index contributed by atoms with van der Waals surface area (Å²) < 4.78 is 0. The summed E-state index contributed by atoms with van der Waals surface area (Å²) in [5.41, 5.74) is 1.28. The van der Waals surface area contributed by atoms with Gasteiger partial charge in [-0.15, -0.1) is 12.3 Å². The molecule has 0 aromatic heterocycles. The molecule has 1 aromatic carbocycles. The molecule has 102 valence electrons. The number of ketones is 1. The highest BCUT2D eigenvalue weighted by molar-refractivity contribution is 6.31. The SMILES string of the molecule is C#CCCC(=O)C(C#N)C(=O)Nc1ccc(Cl)c(C)c1. The number of amides is 1. The number of aryl methyl sites for hydroxylation is 1. The normalized spacial score (nSPS) is 11.0. The summed E-state index contributed by atoms with van der Waals surface area (Å²) in [6, 6.07) is 6.61. The summed E-state index contributed by atoms with van der Waals surface area (Å²) >= 11 is 5.88. The number of halogens is 1. The molecule has 0 saturated carbocycles. The van der Waals surface area contributed by atoms with Crippen LogP contribution in [0.3, 0.4) is 0 Å². The van der Waals surface area contributed by atoms with E-state index in [0.717, 1.165) is 5.56 Å². The van der Waals surface area contributed by atoms with Crippen LogP contribution >= 0.6 is 11.6 Å². The van der Waals surface area contributed by atoms with Gasteiger partial charge in [-0.05, 0) is 30.7 Å². The Morgan fingerprint density at radius 2 is 2.20 bits per heavy atom. The number of carbonyl (C=O) groups excluding carboxylic acids is 2. The van der Waals surface area contributed by atoms with E-state index < -0.39 is 17.6 Å². The first-order valence-corrected chi connectivity index (χ1v) is 6.30. The summed E-state index contributed by atoms with van der Waals surface area (Å²) in [4.78, 5) is 23.6. The van der Waals surface area contributed by atoms with E-state index in [0.29, 0.717) is 10.7 Å². The molecular weight excluding hydrogens is 276 g/mol. The number of carbonyl (C=O) groups is 2. The molecule has 0 heterocycles. The maximum atomic E-state index is 11.9. The van der Waals surface area contributed by atoms with Gasteiger partial charge in [-0.2, -0.15) is 5.26 Å². The number of nitrogens with zero attached hydrogens (tertiary/aromatic N) is 1. The third-order valence-electron chi connectivity index (χ3n) is 2.65. The first-order valence-electron chi connectivity index (χ1n) is 5.92. The second-order valence-electron chi connectivity index (χ2n) is 4.19. The van der Waals surface area contributed by atoms with Crippen LogP contribution in [0, 0.1) is 36.5 Å². The van der Waals surface area contributed by atoms with Crippen molar-refractivity contribution >= 4 is 29.0 Å². The van der Waals surface area contributed by atoms with Gasteiger partial charge in [0.05, 0.1) is 6.07 Å². The Bertz CT molecular complexity index is 611. The molecule has 0 saturated heterocycles. The summed E-state index contributed by atoms with van der Waals surface area (Å²) in [5.74, 6) is -0.179. The summed E-state index contributed by atoms with van der Waals surface area (Å²) in [6.45, 7) is 1.79.